The summed E-state index contributed by atoms with van der Waals surface area (Å²) < 4.78 is 4.88. The number of amides is 1. The van der Waals surface area contributed by atoms with Crippen LogP contribution in [0.15, 0.2) is 0 Å². The lowest BCUT2D eigenvalue weighted by Crippen LogP contribution is -2.50. The number of hydrogen-bond donors (Lipinski definition) is 4. The lowest BCUT2D eigenvalue weighted by Gasteiger charge is -2.20. The lowest BCUT2D eigenvalue weighted by atomic mass is 10.2. The molecule has 0 spiro atoms. The van der Waals surface area contributed by atoms with E-state index in [4.69, 9.17) is 9.84 Å². The molecule has 0 rings (SSSR count). The molecule has 1 unspecified atom stereocenters. The molecule has 3 N–H and O–H groups in total. The first kappa shape index (κ1) is 14.1. The molecule has 6 nitrogen and oxygen atoms in total. The van der Waals surface area contributed by atoms with Gasteiger partial charge in [-0.2, -0.15) is 12.6 Å². The minimum absolute atomic E-state index is 0.0606. The summed E-state index contributed by atoms with van der Waals surface area (Å²) in [7, 11) is 0. The van der Waals surface area contributed by atoms with Crippen LogP contribution in [0.5, 0.6) is 0 Å². The van der Waals surface area contributed by atoms with Crippen LogP contribution >= 0.6 is 12.6 Å². The molecule has 0 aliphatic carbocycles. The molecule has 0 aromatic rings. The zero-order valence-electron chi connectivity index (χ0n) is 8.90. The summed E-state index contributed by atoms with van der Waals surface area (Å²) >= 11 is 3.81. The highest BCUT2D eigenvalue weighted by Gasteiger charge is 2.19. The zero-order chi connectivity index (χ0) is 12.1. The molecule has 0 saturated carbocycles. The lowest BCUT2D eigenvalue weighted by molar-refractivity contribution is -0.139. The Morgan fingerprint density at radius 1 is 1.47 bits per heavy atom. The molecule has 0 heterocycles. The number of nitrogens with one attached hydrogen (secondary N) is 2. The van der Waals surface area contributed by atoms with Crippen molar-refractivity contribution in [2.45, 2.75) is 32.4 Å². The van der Waals surface area contributed by atoms with Gasteiger partial charge < -0.3 is 9.84 Å². The molecule has 0 aromatic carbocycles. The van der Waals surface area contributed by atoms with Gasteiger partial charge in [-0.1, -0.05) is 0 Å². The molecule has 0 radical (unpaired) electrons. The third-order valence-electron chi connectivity index (χ3n) is 1.23. The van der Waals surface area contributed by atoms with E-state index in [0.717, 1.165) is 0 Å². The Balaban J connectivity index is 3.94. The van der Waals surface area contributed by atoms with Crippen LogP contribution < -0.4 is 10.9 Å². The summed E-state index contributed by atoms with van der Waals surface area (Å²) in [6.07, 6.45) is -0.726. The molecule has 0 aliphatic rings. The zero-order valence-corrected chi connectivity index (χ0v) is 9.80. The number of ether oxygens (including phenoxy) is 1. The maximum atomic E-state index is 11.1. The first-order valence-electron chi connectivity index (χ1n) is 4.34. The Bertz CT molecular complexity index is 239. The second kappa shape index (κ2) is 5.82. The highest BCUT2D eigenvalue weighted by molar-refractivity contribution is 7.80. The summed E-state index contributed by atoms with van der Waals surface area (Å²) in [5.74, 6) is -1.04. The van der Waals surface area contributed by atoms with Crippen LogP contribution in [-0.2, 0) is 9.53 Å². The van der Waals surface area contributed by atoms with Crippen molar-refractivity contribution in [3.05, 3.63) is 0 Å². The number of carboxylic acid groups (broad SMARTS) is 1. The van der Waals surface area contributed by atoms with Gasteiger partial charge >= 0.3 is 12.1 Å². The van der Waals surface area contributed by atoms with Gasteiger partial charge in [-0.25, -0.2) is 10.2 Å². The minimum Gasteiger partial charge on any atom is -0.480 e. The third kappa shape index (κ3) is 7.03. The highest BCUT2D eigenvalue weighted by Crippen LogP contribution is 2.05. The molecule has 0 fully saturated rings. The number of rotatable bonds is 4. The SMILES string of the molecule is CC(C)(C)OC(=O)NNC(CS)C(=O)O. The Hall–Kier alpha value is -0.950. The predicted molar refractivity (Wildman–Crippen MR) is 57.8 cm³/mol. The molecule has 88 valence electrons. The highest BCUT2D eigenvalue weighted by atomic mass is 32.1. The fourth-order valence-corrected chi connectivity index (χ4v) is 0.883. The number of carbonyl (C=O) groups is 2. The van der Waals surface area contributed by atoms with E-state index in [1.807, 2.05) is 0 Å². The number of aliphatic carboxylic acids is 1. The van der Waals surface area contributed by atoms with Crippen molar-refractivity contribution >= 4 is 24.7 Å². The van der Waals surface area contributed by atoms with Crippen molar-refractivity contribution in [3.63, 3.8) is 0 Å². The first-order valence-corrected chi connectivity index (χ1v) is 4.97. The topological polar surface area (TPSA) is 87.7 Å². The van der Waals surface area contributed by atoms with Gasteiger partial charge in [0.05, 0.1) is 0 Å². The van der Waals surface area contributed by atoms with Crippen LogP contribution in [0.25, 0.3) is 0 Å². The molecule has 1 amide bonds. The van der Waals surface area contributed by atoms with Gasteiger partial charge in [-0.05, 0) is 20.8 Å². The summed E-state index contributed by atoms with van der Waals surface area (Å²) in [4.78, 5) is 21.6. The maximum absolute atomic E-state index is 11.1. The van der Waals surface area contributed by atoms with Crippen molar-refractivity contribution < 1.29 is 19.4 Å². The molecule has 15 heavy (non-hydrogen) atoms. The number of carbonyl (C=O) groups excluding carboxylic acids is 1. The average molecular weight is 236 g/mol. The van der Waals surface area contributed by atoms with Gasteiger partial charge in [0.1, 0.15) is 11.6 Å². The summed E-state index contributed by atoms with van der Waals surface area (Å²) in [5, 5.41) is 8.62. The molecule has 0 bridgehead atoms. The second-order valence-corrected chi connectivity index (χ2v) is 4.21. The van der Waals surface area contributed by atoms with Crippen molar-refractivity contribution in [1.29, 1.82) is 0 Å². The number of carboxylic acids is 1. The van der Waals surface area contributed by atoms with E-state index in [1.54, 1.807) is 20.8 Å². The summed E-state index contributed by atoms with van der Waals surface area (Å²) in [6, 6.07) is -0.944. The van der Waals surface area contributed by atoms with Gasteiger partial charge in [0, 0.05) is 5.75 Å². The molecule has 0 aliphatic heterocycles. The van der Waals surface area contributed by atoms with Gasteiger partial charge in [0.25, 0.3) is 0 Å². The number of thiol groups is 1. The Morgan fingerprint density at radius 2 is 2.00 bits per heavy atom. The molecular formula is C8H16N2O4S. The van der Waals surface area contributed by atoms with E-state index >= 15 is 0 Å². The monoisotopic (exact) mass is 236 g/mol. The van der Waals surface area contributed by atoms with Gasteiger partial charge in [0.15, 0.2) is 0 Å². The molecular weight excluding hydrogens is 220 g/mol. The summed E-state index contributed by atoms with van der Waals surface area (Å²) in [5.41, 5.74) is 3.80. The maximum Gasteiger partial charge on any atom is 0.422 e. The van der Waals surface area contributed by atoms with Crippen LogP contribution in [0.3, 0.4) is 0 Å². The number of hydrogen-bond acceptors (Lipinski definition) is 5. The van der Waals surface area contributed by atoms with E-state index in [2.05, 4.69) is 23.5 Å². The molecule has 0 saturated heterocycles. The van der Waals surface area contributed by atoms with Crippen LogP contribution in [-0.4, -0.2) is 34.6 Å². The molecule has 0 aromatic heterocycles. The van der Waals surface area contributed by atoms with Crippen LogP contribution in [0.4, 0.5) is 4.79 Å². The average Bonchev–Trinajstić information content (AvgIpc) is 2.01. The predicted octanol–water partition coefficient (Wildman–Crippen LogP) is 0.399. The van der Waals surface area contributed by atoms with Gasteiger partial charge in [-0.15, -0.1) is 0 Å². The van der Waals surface area contributed by atoms with E-state index in [9.17, 15) is 9.59 Å². The third-order valence-corrected chi connectivity index (χ3v) is 1.59. The van der Waals surface area contributed by atoms with Crippen LogP contribution in [0, 0.1) is 0 Å². The largest absolute Gasteiger partial charge is 0.480 e. The minimum atomic E-state index is -1.10. The fraction of sp³-hybridized carbons (Fsp3) is 0.750. The van der Waals surface area contributed by atoms with Crippen LogP contribution in [0.1, 0.15) is 20.8 Å². The molecule has 1 atom stereocenters. The Morgan fingerprint density at radius 3 is 2.33 bits per heavy atom. The number of hydrazine groups is 1. The van der Waals surface area contributed by atoms with Crippen molar-refractivity contribution in [2.75, 3.05) is 5.75 Å². The van der Waals surface area contributed by atoms with E-state index < -0.39 is 23.7 Å². The fourth-order valence-electron chi connectivity index (χ4n) is 0.635. The van der Waals surface area contributed by atoms with Crippen LogP contribution in [0.2, 0.25) is 0 Å². The second-order valence-electron chi connectivity index (χ2n) is 3.84. The van der Waals surface area contributed by atoms with Crippen molar-refractivity contribution in [1.82, 2.24) is 10.9 Å². The standard InChI is InChI=1S/C8H16N2O4S/c1-8(2,3)14-7(13)10-9-5(4-15)6(11)12/h5,9,15H,4H2,1-3H3,(H,10,13)(H,11,12). The van der Waals surface area contributed by atoms with E-state index in [-0.39, 0.29) is 5.75 Å². The molecule has 7 heteroatoms. The van der Waals surface area contributed by atoms with Crippen molar-refractivity contribution in [2.24, 2.45) is 0 Å². The van der Waals surface area contributed by atoms with E-state index in [1.165, 1.54) is 0 Å². The normalized spacial score (nSPS) is 13.1. The van der Waals surface area contributed by atoms with E-state index in [0.29, 0.717) is 0 Å². The van der Waals surface area contributed by atoms with Gasteiger partial charge in [-0.3, -0.25) is 10.2 Å². The summed E-state index contributed by atoms with van der Waals surface area (Å²) in [6.45, 7) is 5.12. The quantitative estimate of drug-likeness (QED) is 0.419. The smallest absolute Gasteiger partial charge is 0.422 e. The Kier molecular flexibility index (Phi) is 5.45. The first-order chi connectivity index (χ1) is 6.76. The Labute approximate surface area is 93.7 Å². The van der Waals surface area contributed by atoms with Crippen molar-refractivity contribution in [3.8, 4) is 0 Å². The van der Waals surface area contributed by atoms with Gasteiger partial charge in [0.2, 0.25) is 0 Å².